The number of hydrogen-bond donors (Lipinski definition) is 1. The Morgan fingerprint density at radius 3 is 3.00 bits per heavy atom. The van der Waals surface area contributed by atoms with Crippen LogP contribution in [0.1, 0.15) is 23.1 Å². The third-order valence-electron chi connectivity index (χ3n) is 2.99. The highest BCUT2D eigenvalue weighted by molar-refractivity contribution is 7.99. The van der Waals surface area contributed by atoms with E-state index in [-0.39, 0.29) is 0 Å². The van der Waals surface area contributed by atoms with E-state index in [2.05, 4.69) is 49.1 Å². The summed E-state index contributed by atoms with van der Waals surface area (Å²) < 4.78 is 0. The van der Waals surface area contributed by atoms with Crippen molar-refractivity contribution < 1.29 is 0 Å². The van der Waals surface area contributed by atoms with Crippen molar-refractivity contribution in [3.8, 4) is 0 Å². The Balaban J connectivity index is 1.94. The lowest BCUT2D eigenvalue weighted by Gasteiger charge is -2.10. The van der Waals surface area contributed by atoms with Gasteiger partial charge in [0.1, 0.15) is 0 Å². The lowest BCUT2D eigenvalue weighted by Crippen LogP contribution is -2.10. The number of nitrogens with one attached hydrogen (secondary N) is 1. The van der Waals surface area contributed by atoms with Crippen LogP contribution in [0.2, 0.25) is 0 Å². The first kappa shape index (κ1) is 11.0. The van der Waals surface area contributed by atoms with E-state index in [4.69, 9.17) is 0 Å². The van der Waals surface area contributed by atoms with E-state index in [1.54, 1.807) is 0 Å². The highest BCUT2D eigenvalue weighted by atomic mass is 32.2. The first-order chi connectivity index (χ1) is 7.25. The zero-order valence-corrected chi connectivity index (χ0v) is 10.4. The fraction of sp³-hybridized carbons (Fsp3) is 0.538. The molecule has 0 saturated carbocycles. The normalized spacial score (nSPS) is 20.8. The van der Waals surface area contributed by atoms with Crippen LogP contribution in [0, 0.1) is 13.8 Å². The lowest BCUT2D eigenvalue weighted by molar-refractivity contribution is 0.858. The zero-order valence-electron chi connectivity index (χ0n) is 9.55. The second kappa shape index (κ2) is 5.04. The maximum Gasteiger partial charge on any atom is 0.0190 e. The minimum atomic E-state index is 0.824. The van der Waals surface area contributed by atoms with Crippen LogP contribution in [0.5, 0.6) is 0 Å². The Morgan fingerprint density at radius 1 is 1.40 bits per heavy atom. The lowest BCUT2D eigenvalue weighted by atomic mass is 10.1. The van der Waals surface area contributed by atoms with Crippen LogP contribution in [0.15, 0.2) is 18.2 Å². The summed E-state index contributed by atoms with van der Waals surface area (Å²) in [6, 6.07) is 6.75. The molecule has 0 amide bonds. The van der Waals surface area contributed by atoms with Gasteiger partial charge in [0.05, 0.1) is 0 Å². The van der Waals surface area contributed by atoms with E-state index >= 15 is 0 Å². The Kier molecular flexibility index (Phi) is 3.71. The average Bonchev–Trinajstić information content (AvgIpc) is 2.72. The van der Waals surface area contributed by atoms with Gasteiger partial charge in [0.25, 0.3) is 0 Å². The molecule has 1 nitrogen and oxygen atoms in total. The van der Waals surface area contributed by atoms with E-state index in [0.29, 0.717) is 0 Å². The first-order valence-corrected chi connectivity index (χ1v) is 6.69. The number of thioether (sulfide) groups is 1. The number of hydrogen-bond acceptors (Lipinski definition) is 2. The third kappa shape index (κ3) is 2.99. The fourth-order valence-corrected chi connectivity index (χ4v) is 3.18. The Hall–Kier alpha value is -0.470. The monoisotopic (exact) mass is 221 g/mol. The summed E-state index contributed by atoms with van der Waals surface area (Å²) in [7, 11) is 0. The van der Waals surface area contributed by atoms with Crippen molar-refractivity contribution in [2.24, 2.45) is 0 Å². The molecule has 0 bridgehead atoms. The van der Waals surface area contributed by atoms with Crippen molar-refractivity contribution in [2.45, 2.75) is 31.3 Å². The van der Waals surface area contributed by atoms with Gasteiger partial charge in [0, 0.05) is 17.5 Å². The highest BCUT2D eigenvalue weighted by Crippen LogP contribution is 2.24. The predicted molar refractivity (Wildman–Crippen MR) is 68.5 cm³/mol. The molecule has 1 aromatic rings. The molecule has 0 aromatic heterocycles. The summed E-state index contributed by atoms with van der Waals surface area (Å²) in [5.74, 6) is 1.17. The first-order valence-electron chi connectivity index (χ1n) is 5.64. The van der Waals surface area contributed by atoms with Gasteiger partial charge < -0.3 is 5.32 Å². The van der Waals surface area contributed by atoms with Crippen molar-refractivity contribution in [2.75, 3.05) is 13.1 Å². The maximum absolute atomic E-state index is 3.41. The van der Waals surface area contributed by atoms with Crippen molar-refractivity contribution in [3.63, 3.8) is 0 Å². The molecule has 1 atom stereocenters. The topological polar surface area (TPSA) is 12.0 Å². The van der Waals surface area contributed by atoms with E-state index in [0.717, 1.165) is 5.25 Å². The van der Waals surface area contributed by atoms with Crippen LogP contribution >= 0.6 is 11.8 Å². The van der Waals surface area contributed by atoms with Gasteiger partial charge in [-0.2, -0.15) is 11.8 Å². The van der Waals surface area contributed by atoms with E-state index in [9.17, 15) is 0 Å². The summed E-state index contributed by atoms with van der Waals surface area (Å²) in [6.45, 7) is 6.77. The molecule has 1 aromatic carbocycles. The summed E-state index contributed by atoms with van der Waals surface area (Å²) >= 11 is 2.10. The molecule has 0 spiro atoms. The van der Waals surface area contributed by atoms with Crippen molar-refractivity contribution in [1.82, 2.24) is 5.32 Å². The molecule has 15 heavy (non-hydrogen) atoms. The fourth-order valence-electron chi connectivity index (χ4n) is 1.93. The minimum absolute atomic E-state index is 0.824. The van der Waals surface area contributed by atoms with Crippen molar-refractivity contribution in [3.05, 3.63) is 34.9 Å². The summed E-state index contributed by atoms with van der Waals surface area (Å²) in [5, 5.41) is 4.24. The number of rotatable bonds is 3. The number of benzene rings is 1. The third-order valence-corrected chi connectivity index (χ3v) is 4.35. The van der Waals surface area contributed by atoms with Crippen molar-refractivity contribution in [1.29, 1.82) is 0 Å². The maximum atomic E-state index is 3.41. The summed E-state index contributed by atoms with van der Waals surface area (Å²) in [4.78, 5) is 0. The van der Waals surface area contributed by atoms with Gasteiger partial charge >= 0.3 is 0 Å². The average molecular weight is 221 g/mol. The molecule has 82 valence electrons. The zero-order chi connectivity index (χ0) is 10.7. The standard InChI is InChI=1S/C13H19NS/c1-10-3-4-11(2)12(7-10)9-15-13-5-6-14-8-13/h3-4,7,13-14H,5-6,8-9H2,1-2H3. The molecular weight excluding hydrogens is 202 g/mol. The summed E-state index contributed by atoms with van der Waals surface area (Å²) in [5.41, 5.74) is 4.31. The molecule has 1 fully saturated rings. The molecule has 1 N–H and O–H groups in total. The van der Waals surface area contributed by atoms with Gasteiger partial charge in [-0.3, -0.25) is 0 Å². The molecule has 1 saturated heterocycles. The van der Waals surface area contributed by atoms with E-state index in [1.807, 2.05) is 0 Å². The van der Waals surface area contributed by atoms with Crippen molar-refractivity contribution >= 4 is 11.8 Å². The van der Waals surface area contributed by atoms with Gasteiger partial charge in [-0.1, -0.05) is 23.8 Å². The Labute approximate surface area is 96.7 Å². The molecule has 2 heteroatoms. The second-order valence-corrected chi connectivity index (χ2v) is 5.64. The van der Waals surface area contributed by atoms with E-state index < -0.39 is 0 Å². The van der Waals surface area contributed by atoms with Gasteiger partial charge in [0.15, 0.2) is 0 Å². The van der Waals surface area contributed by atoms with Gasteiger partial charge in [-0.05, 0) is 37.9 Å². The molecule has 0 radical (unpaired) electrons. The van der Waals surface area contributed by atoms with Crippen LogP contribution in [-0.4, -0.2) is 18.3 Å². The largest absolute Gasteiger partial charge is 0.316 e. The van der Waals surface area contributed by atoms with Crippen LogP contribution < -0.4 is 5.32 Å². The van der Waals surface area contributed by atoms with E-state index in [1.165, 1.54) is 42.0 Å². The smallest absolute Gasteiger partial charge is 0.0190 e. The van der Waals surface area contributed by atoms with Gasteiger partial charge in [0.2, 0.25) is 0 Å². The summed E-state index contributed by atoms with van der Waals surface area (Å²) in [6.07, 6.45) is 1.33. The molecular formula is C13H19NS. The molecule has 1 heterocycles. The second-order valence-electron chi connectivity index (χ2n) is 4.36. The van der Waals surface area contributed by atoms with Crippen LogP contribution in [0.3, 0.4) is 0 Å². The number of aryl methyl sites for hydroxylation is 2. The Bertz CT molecular complexity index is 329. The van der Waals surface area contributed by atoms with Crippen LogP contribution in [-0.2, 0) is 5.75 Å². The molecule has 2 rings (SSSR count). The molecule has 0 aliphatic carbocycles. The molecule has 1 unspecified atom stereocenters. The molecule has 1 aliphatic rings. The van der Waals surface area contributed by atoms with Crippen LogP contribution in [0.25, 0.3) is 0 Å². The van der Waals surface area contributed by atoms with Crippen LogP contribution in [0.4, 0.5) is 0 Å². The highest BCUT2D eigenvalue weighted by Gasteiger charge is 2.14. The Morgan fingerprint density at radius 2 is 2.27 bits per heavy atom. The van der Waals surface area contributed by atoms with Gasteiger partial charge in [-0.25, -0.2) is 0 Å². The van der Waals surface area contributed by atoms with Gasteiger partial charge in [-0.15, -0.1) is 0 Å². The molecule has 1 aliphatic heterocycles. The predicted octanol–water partition coefficient (Wildman–Crippen LogP) is 2.90. The minimum Gasteiger partial charge on any atom is -0.316 e. The SMILES string of the molecule is Cc1ccc(C)c(CSC2CCNC2)c1. The quantitative estimate of drug-likeness (QED) is 0.842.